The maximum Gasteiger partial charge on any atom is 0.509 e. The molecule has 0 rings (SSSR count). The number of carbonyl (C=O) groups is 2. The first-order valence-electron chi connectivity index (χ1n) is 5.11. The van der Waals surface area contributed by atoms with Crippen LogP contribution in [-0.4, -0.2) is 31.4 Å². The Morgan fingerprint density at radius 2 is 1.87 bits per heavy atom. The van der Waals surface area contributed by atoms with E-state index in [1.54, 1.807) is 6.92 Å². The molecule has 0 heterocycles. The molecule has 0 aromatic rings. The SMILES string of the molecule is CCCCOC(=O)[C@H](C)OC(=O)OCC. The summed E-state index contributed by atoms with van der Waals surface area (Å²) in [5.74, 6) is -0.545. The molecule has 0 spiro atoms. The normalized spacial score (nSPS) is 11.7. The summed E-state index contributed by atoms with van der Waals surface area (Å²) in [6.07, 6.45) is -0.0171. The lowest BCUT2D eigenvalue weighted by atomic mass is 10.3. The molecule has 0 bridgehead atoms. The summed E-state index contributed by atoms with van der Waals surface area (Å²) in [5, 5.41) is 0. The van der Waals surface area contributed by atoms with Gasteiger partial charge in [-0.15, -0.1) is 0 Å². The molecule has 0 aliphatic heterocycles. The maximum absolute atomic E-state index is 11.2. The summed E-state index contributed by atoms with van der Waals surface area (Å²) in [6, 6.07) is 0. The molecule has 0 aliphatic rings. The highest BCUT2D eigenvalue weighted by molar-refractivity contribution is 5.76. The van der Waals surface area contributed by atoms with Gasteiger partial charge in [-0.2, -0.15) is 0 Å². The number of ether oxygens (including phenoxy) is 3. The molecule has 0 aromatic carbocycles. The summed E-state index contributed by atoms with van der Waals surface area (Å²) in [4.78, 5) is 22.0. The summed E-state index contributed by atoms with van der Waals surface area (Å²) >= 11 is 0. The average Bonchev–Trinajstić information content (AvgIpc) is 2.18. The summed E-state index contributed by atoms with van der Waals surface area (Å²) < 4.78 is 14.0. The van der Waals surface area contributed by atoms with Gasteiger partial charge in [0.15, 0.2) is 6.10 Å². The van der Waals surface area contributed by atoms with Crippen molar-refractivity contribution >= 4 is 12.1 Å². The number of hydrogen-bond donors (Lipinski definition) is 0. The van der Waals surface area contributed by atoms with Gasteiger partial charge in [0.25, 0.3) is 0 Å². The van der Waals surface area contributed by atoms with E-state index in [0.717, 1.165) is 12.8 Å². The Balaban J connectivity index is 3.73. The lowest BCUT2D eigenvalue weighted by molar-refractivity contribution is -0.154. The molecule has 1 atom stereocenters. The minimum atomic E-state index is -0.916. The van der Waals surface area contributed by atoms with Gasteiger partial charge < -0.3 is 14.2 Å². The van der Waals surface area contributed by atoms with Crippen LogP contribution in [0.3, 0.4) is 0 Å². The van der Waals surface area contributed by atoms with Crippen molar-refractivity contribution in [2.24, 2.45) is 0 Å². The van der Waals surface area contributed by atoms with E-state index in [0.29, 0.717) is 6.61 Å². The second-order valence-electron chi connectivity index (χ2n) is 2.96. The van der Waals surface area contributed by atoms with Gasteiger partial charge in [-0.05, 0) is 20.3 Å². The molecule has 0 fully saturated rings. The smallest absolute Gasteiger partial charge is 0.463 e. The van der Waals surface area contributed by atoms with Gasteiger partial charge in [-0.1, -0.05) is 13.3 Å². The topological polar surface area (TPSA) is 61.8 Å². The van der Waals surface area contributed by atoms with Crippen LogP contribution in [0.25, 0.3) is 0 Å². The predicted molar refractivity (Wildman–Crippen MR) is 53.4 cm³/mol. The molecule has 0 unspecified atom stereocenters. The summed E-state index contributed by atoms with van der Waals surface area (Å²) in [6.45, 7) is 5.67. The Morgan fingerprint density at radius 1 is 1.20 bits per heavy atom. The molecule has 5 heteroatoms. The second-order valence-corrected chi connectivity index (χ2v) is 2.96. The minimum Gasteiger partial charge on any atom is -0.463 e. The van der Waals surface area contributed by atoms with Crippen molar-refractivity contribution in [3.63, 3.8) is 0 Å². The third-order valence-corrected chi connectivity index (χ3v) is 1.61. The predicted octanol–water partition coefficient (Wildman–Crippen LogP) is 1.89. The number of carbonyl (C=O) groups excluding carboxylic acids is 2. The first-order valence-corrected chi connectivity index (χ1v) is 5.11. The van der Waals surface area contributed by atoms with E-state index in [4.69, 9.17) is 4.74 Å². The van der Waals surface area contributed by atoms with Crippen molar-refractivity contribution in [1.82, 2.24) is 0 Å². The minimum absolute atomic E-state index is 0.219. The molecular weight excluding hydrogens is 200 g/mol. The number of rotatable bonds is 6. The second kappa shape index (κ2) is 8.08. The molecule has 0 radical (unpaired) electrons. The lowest BCUT2D eigenvalue weighted by Gasteiger charge is -2.11. The molecule has 0 N–H and O–H groups in total. The van der Waals surface area contributed by atoms with Crippen molar-refractivity contribution in [3.05, 3.63) is 0 Å². The van der Waals surface area contributed by atoms with Gasteiger partial charge in [0.05, 0.1) is 13.2 Å². The molecule has 0 amide bonds. The Morgan fingerprint density at radius 3 is 2.40 bits per heavy atom. The zero-order valence-electron chi connectivity index (χ0n) is 9.45. The zero-order valence-corrected chi connectivity index (χ0v) is 9.45. The fourth-order valence-corrected chi connectivity index (χ4v) is 0.779. The Bertz CT molecular complexity index is 202. The van der Waals surface area contributed by atoms with Crippen LogP contribution in [0.15, 0.2) is 0 Å². The average molecular weight is 218 g/mol. The van der Waals surface area contributed by atoms with Crippen LogP contribution in [-0.2, 0) is 19.0 Å². The fourth-order valence-electron chi connectivity index (χ4n) is 0.779. The fraction of sp³-hybridized carbons (Fsp3) is 0.800. The molecule has 5 nitrogen and oxygen atoms in total. The van der Waals surface area contributed by atoms with E-state index in [-0.39, 0.29) is 6.61 Å². The van der Waals surface area contributed by atoms with E-state index in [1.807, 2.05) is 6.92 Å². The van der Waals surface area contributed by atoms with Gasteiger partial charge in [0.2, 0.25) is 0 Å². The number of unbranched alkanes of at least 4 members (excludes halogenated alkanes) is 1. The third kappa shape index (κ3) is 6.76. The van der Waals surface area contributed by atoms with Crippen LogP contribution in [0.4, 0.5) is 4.79 Å². The van der Waals surface area contributed by atoms with E-state index in [2.05, 4.69) is 9.47 Å². The van der Waals surface area contributed by atoms with Crippen LogP contribution >= 0.6 is 0 Å². The number of hydrogen-bond acceptors (Lipinski definition) is 5. The van der Waals surface area contributed by atoms with E-state index in [9.17, 15) is 9.59 Å². The highest BCUT2D eigenvalue weighted by atomic mass is 16.7. The highest BCUT2D eigenvalue weighted by Crippen LogP contribution is 1.99. The van der Waals surface area contributed by atoms with Crippen molar-refractivity contribution in [1.29, 1.82) is 0 Å². The Kier molecular flexibility index (Phi) is 7.40. The zero-order chi connectivity index (χ0) is 11.7. The van der Waals surface area contributed by atoms with Gasteiger partial charge in [0.1, 0.15) is 0 Å². The highest BCUT2D eigenvalue weighted by Gasteiger charge is 2.19. The standard InChI is InChI=1S/C10H18O5/c1-4-6-7-14-9(11)8(3)15-10(12)13-5-2/h8H,4-7H2,1-3H3/t8-/m0/s1. The third-order valence-electron chi connectivity index (χ3n) is 1.61. The molecule has 88 valence electrons. The quantitative estimate of drug-likeness (QED) is 0.503. The van der Waals surface area contributed by atoms with Crippen molar-refractivity contribution in [2.45, 2.75) is 39.7 Å². The Labute approximate surface area is 89.7 Å². The molecule has 0 saturated heterocycles. The van der Waals surface area contributed by atoms with Crippen LogP contribution in [0.5, 0.6) is 0 Å². The first kappa shape index (κ1) is 13.7. The van der Waals surface area contributed by atoms with Gasteiger partial charge in [-0.3, -0.25) is 0 Å². The van der Waals surface area contributed by atoms with Gasteiger partial charge in [0, 0.05) is 0 Å². The van der Waals surface area contributed by atoms with E-state index < -0.39 is 18.2 Å². The molecule has 0 aliphatic carbocycles. The molecule has 0 saturated carbocycles. The largest absolute Gasteiger partial charge is 0.509 e. The molecule has 0 aromatic heterocycles. The first-order chi connectivity index (χ1) is 7.11. The maximum atomic E-state index is 11.2. The lowest BCUT2D eigenvalue weighted by Crippen LogP contribution is -2.27. The van der Waals surface area contributed by atoms with Crippen LogP contribution in [0.2, 0.25) is 0 Å². The van der Waals surface area contributed by atoms with E-state index >= 15 is 0 Å². The van der Waals surface area contributed by atoms with Crippen molar-refractivity contribution < 1.29 is 23.8 Å². The summed E-state index contributed by atoms with van der Waals surface area (Å²) in [5.41, 5.74) is 0. The molecular formula is C10H18O5. The van der Waals surface area contributed by atoms with Crippen LogP contribution in [0.1, 0.15) is 33.6 Å². The van der Waals surface area contributed by atoms with Gasteiger partial charge in [-0.25, -0.2) is 9.59 Å². The molecule has 15 heavy (non-hydrogen) atoms. The monoisotopic (exact) mass is 218 g/mol. The Hall–Kier alpha value is -1.26. The van der Waals surface area contributed by atoms with Crippen molar-refractivity contribution in [2.75, 3.05) is 13.2 Å². The summed E-state index contributed by atoms with van der Waals surface area (Å²) in [7, 11) is 0. The van der Waals surface area contributed by atoms with Crippen LogP contribution in [0, 0.1) is 0 Å². The van der Waals surface area contributed by atoms with Crippen LogP contribution < -0.4 is 0 Å². The van der Waals surface area contributed by atoms with Crippen molar-refractivity contribution in [3.8, 4) is 0 Å². The van der Waals surface area contributed by atoms with Gasteiger partial charge >= 0.3 is 12.1 Å². The van der Waals surface area contributed by atoms with E-state index in [1.165, 1.54) is 6.92 Å². The number of esters is 1.